The van der Waals surface area contributed by atoms with Gasteiger partial charge in [-0.05, 0) is 63.4 Å². The van der Waals surface area contributed by atoms with Crippen molar-refractivity contribution >= 4 is 66.3 Å². The van der Waals surface area contributed by atoms with Gasteiger partial charge in [0.05, 0.1) is 6.20 Å². The molecule has 54 heavy (non-hydrogen) atoms. The maximum atomic E-state index is 6.52. The van der Waals surface area contributed by atoms with Crippen molar-refractivity contribution in [2.24, 2.45) is 9.98 Å². The minimum atomic E-state index is -0.459. The highest BCUT2D eigenvalue weighted by Crippen LogP contribution is 2.38. The number of aromatic nitrogens is 1. The molecule has 0 spiro atoms. The van der Waals surface area contributed by atoms with Crippen molar-refractivity contribution in [2.45, 2.75) is 6.17 Å². The van der Waals surface area contributed by atoms with Crippen molar-refractivity contribution in [3.63, 3.8) is 0 Å². The molecule has 0 saturated heterocycles. The summed E-state index contributed by atoms with van der Waals surface area (Å²) in [6.07, 6.45) is 3.19. The molecule has 7 aromatic carbocycles. The summed E-state index contributed by atoms with van der Waals surface area (Å²) in [4.78, 5) is 15.1. The van der Waals surface area contributed by atoms with Crippen molar-refractivity contribution < 1.29 is 8.83 Å². The molecule has 1 aliphatic heterocycles. The van der Waals surface area contributed by atoms with E-state index in [1.165, 1.54) is 10.8 Å². The van der Waals surface area contributed by atoms with E-state index in [4.69, 9.17) is 18.8 Å². The zero-order valence-corrected chi connectivity index (χ0v) is 28.9. The summed E-state index contributed by atoms with van der Waals surface area (Å²) < 4.78 is 12.8. The Bertz CT molecular complexity index is 3140. The van der Waals surface area contributed by atoms with Gasteiger partial charge in [-0.25, -0.2) is 9.98 Å². The van der Waals surface area contributed by atoms with E-state index in [0.717, 1.165) is 77.2 Å². The molecule has 0 bridgehead atoms. The third-order valence-corrected chi connectivity index (χ3v) is 10.4. The quantitative estimate of drug-likeness (QED) is 0.195. The second kappa shape index (κ2) is 12.1. The van der Waals surface area contributed by atoms with Crippen LogP contribution in [0.15, 0.2) is 189 Å². The summed E-state index contributed by atoms with van der Waals surface area (Å²) in [5.74, 6) is 1.29. The SMILES string of the molecule is c1ccc(-c2ccc(C3=NC(c4cccc5oc6ccccc6c45)NC(c4cncc5oc6cc(-c7ccc8ccccc8c7)ccc6c45)=N3)cc2)cc1. The van der Waals surface area contributed by atoms with Crippen LogP contribution >= 0.6 is 0 Å². The van der Waals surface area contributed by atoms with Gasteiger partial charge in [0.25, 0.3) is 0 Å². The van der Waals surface area contributed by atoms with Crippen LogP contribution in [0.3, 0.4) is 0 Å². The summed E-state index contributed by atoms with van der Waals surface area (Å²) in [5.41, 5.74) is 10.4. The lowest BCUT2D eigenvalue weighted by Gasteiger charge is -2.24. The van der Waals surface area contributed by atoms with Crippen LogP contribution in [0, 0.1) is 0 Å². The Kier molecular flexibility index (Phi) is 6.82. The van der Waals surface area contributed by atoms with E-state index in [1.54, 1.807) is 6.20 Å². The van der Waals surface area contributed by atoms with Gasteiger partial charge in [0.1, 0.15) is 28.8 Å². The van der Waals surface area contributed by atoms with Crippen molar-refractivity contribution in [2.75, 3.05) is 0 Å². The van der Waals surface area contributed by atoms with Crippen LogP contribution in [0.4, 0.5) is 0 Å². The predicted molar refractivity (Wildman–Crippen MR) is 219 cm³/mol. The Labute approximate surface area is 309 Å². The molecule has 0 saturated carbocycles. The summed E-state index contributed by atoms with van der Waals surface area (Å²) in [5, 5.41) is 10.1. The summed E-state index contributed by atoms with van der Waals surface area (Å²) in [6.45, 7) is 0. The maximum absolute atomic E-state index is 6.52. The Morgan fingerprint density at radius 2 is 1.15 bits per heavy atom. The molecule has 1 aliphatic rings. The summed E-state index contributed by atoms with van der Waals surface area (Å²) in [7, 11) is 0. The molecule has 0 aliphatic carbocycles. The number of nitrogens with one attached hydrogen (secondary N) is 1. The summed E-state index contributed by atoms with van der Waals surface area (Å²) in [6, 6.07) is 54.5. The zero-order valence-electron chi connectivity index (χ0n) is 28.9. The molecule has 0 fully saturated rings. The van der Waals surface area contributed by atoms with Gasteiger partial charge in [0, 0.05) is 44.4 Å². The molecule has 3 aromatic heterocycles. The van der Waals surface area contributed by atoms with E-state index in [0.29, 0.717) is 17.3 Å². The standard InChI is InChI=1S/C48H30N4O2/c1-2-9-29(10-3-1)31-17-20-32(21-18-31)46-50-47(38-14-8-16-41-44(38)36-13-6-7-15-40(36)53-41)52-48(51-46)39-27-49-28-43-45(39)37-24-23-35(26-42(37)54-43)34-22-19-30-11-4-5-12-33(30)25-34/h1-28,47H,(H,50,51,52). The number of amidine groups is 2. The van der Waals surface area contributed by atoms with Gasteiger partial charge < -0.3 is 14.2 Å². The fourth-order valence-electron chi connectivity index (χ4n) is 7.80. The maximum Gasteiger partial charge on any atom is 0.159 e. The van der Waals surface area contributed by atoms with Crippen molar-refractivity contribution in [3.05, 3.63) is 187 Å². The molecule has 1 N–H and O–H groups in total. The Hall–Kier alpha value is -7.31. The number of fused-ring (bicyclic) bond motifs is 7. The second-order valence-corrected chi connectivity index (χ2v) is 13.7. The molecule has 1 unspecified atom stereocenters. The van der Waals surface area contributed by atoms with E-state index in [-0.39, 0.29) is 0 Å². The zero-order chi connectivity index (χ0) is 35.6. The minimum absolute atomic E-state index is 0.459. The molecule has 11 rings (SSSR count). The van der Waals surface area contributed by atoms with Gasteiger partial charge in [0.15, 0.2) is 11.4 Å². The molecule has 0 radical (unpaired) electrons. The van der Waals surface area contributed by atoms with Gasteiger partial charge >= 0.3 is 0 Å². The first-order chi connectivity index (χ1) is 26.7. The first-order valence-electron chi connectivity index (χ1n) is 18.0. The lowest BCUT2D eigenvalue weighted by molar-refractivity contribution is 0.662. The molecular weight excluding hydrogens is 665 g/mol. The van der Waals surface area contributed by atoms with E-state index in [1.807, 2.05) is 42.6 Å². The number of nitrogens with zero attached hydrogens (tertiary/aromatic N) is 3. The molecule has 0 amide bonds. The van der Waals surface area contributed by atoms with Gasteiger partial charge in [0.2, 0.25) is 0 Å². The molecular formula is C48H30N4O2. The van der Waals surface area contributed by atoms with E-state index >= 15 is 0 Å². The van der Waals surface area contributed by atoms with Gasteiger partial charge in [-0.15, -0.1) is 0 Å². The van der Waals surface area contributed by atoms with Crippen LogP contribution in [0.2, 0.25) is 0 Å². The highest BCUT2D eigenvalue weighted by atomic mass is 16.3. The fraction of sp³-hybridized carbons (Fsp3) is 0.0208. The molecule has 254 valence electrons. The smallest absolute Gasteiger partial charge is 0.159 e. The third-order valence-electron chi connectivity index (χ3n) is 10.4. The van der Waals surface area contributed by atoms with E-state index in [9.17, 15) is 0 Å². The lowest BCUT2D eigenvalue weighted by Crippen LogP contribution is -2.33. The highest BCUT2D eigenvalue weighted by molar-refractivity contribution is 6.22. The highest BCUT2D eigenvalue weighted by Gasteiger charge is 2.26. The van der Waals surface area contributed by atoms with Crippen molar-refractivity contribution in [1.29, 1.82) is 0 Å². The molecule has 6 nitrogen and oxygen atoms in total. The average molecular weight is 695 g/mol. The van der Waals surface area contributed by atoms with E-state index in [2.05, 4.69) is 132 Å². The van der Waals surface area contributed by atoms with Crippen LogP contribution in [0.1, 0.15) is 22.9 Å². The predicted octanol–water partition coefficient (Wildman–Crippen LogP) is 11.9. The summed E-state index contributed by atoms with van der Waals surface area (Å²) >= 11 is 0. The minimum Gasteiger partial charge on any atom is -0.456 e. The van der Waals surface area contributed by atoms with Crippen LogP contribution in [-0.2, 0) is 0 Å². The monoisotopic (exact) mass is 694 g/mol. The largest absolute Gasteiger partial charge is 0.456 e. The van der Waals surface area contributed by atoms with Crippen LogP contribution in [0.25, 0.3) is 76.9 Å². The third kappa shape index (κ3) is 4.99. The normalized spacial score (nSPS) is 14.5. The number of para-hydroxylation sites is 1. The Morgan fingerprint density at radius 1 is 0.463 bits per heavy atom. The molecule has 1 atom stereocenters. The number of hydrogen-bond acceptors (Lipinski definition) is 6. The van der Waals surface area contributed by atoms with Crippen LogP contribution < -0.4 is 5.32 Å². The van der Waals surface area contributed by atoms with Crippen LogP contribution in [-0.4, -0.2) is 16.7 Å². The lowest BCUT2D eigenvalue weighted by atomic mass is 9.99. The van der Waals surface area contributed by atoms with E-state index < -0.39 is 6.17 Å². The first-order valence-corrected chi connectivity index (χ1v) is 18.0. The Balaban J connectivity index is 1.06. The van der Waals surface area contributed by atoms with Crippen molar-refractivity contribution in [3.8, 4) is 22.3 Å². The van der Waals surface area contributed by atoms with Gasteiger partial charge in [-0.3, -0.25) is 4.98 Å². The molecule has 4 heterocycles. The molecule has 10 aromatic rings. The molecule has 6 heteroatoms. The number of furan rings is 2. The number of pyridine rings is 1. The first kappa shape index (κ1) is 30.3. The van der Waals surface area contributed by atoms with Crippen molar-refractivity contribution in [1.82, 2.24) is 10.3 Å². The average Bonchev–Trinajstić information content (AvgIpc) is 3.82. The van der Waals surface area contributed by atoms with Crippen LogP contribution in [0.5, 0.6) is 0 Å². The Morgan fingerprint density at radius 3 is 2.06 bits per heavy atom. The number of benzene rings is 7. The van der Waals surface area contributed by atoms with Gasteiger partial charge in [-0.2, -0.15) is 0 Å². The topological polar surface area (TPSA) is 75.9 Å². The number of aliphatic imine (C=N–C) groups is 2. The van der Waals surface area contributed by atoms with Gasteiger partial charge in [-0.1, -0.05) is 127 Å². The number of rotatable bonds is 5. The number of hydrogen-bond donors (Lipinski definition) is 1. The second-order valence-electron chi connectivity index (χ2n) is 13.7. The fourth-order valence-corrected chi connectivity index (χ4v) is 7.80.